The quantitative estimate of drug-likeness (QED) is 0.288. The molecular weight excluding hydrogens is 557 g/mol. The molecule has 0 saturated carbocycles. The monoisotopic (exact) mass is 586 g/mol. The molecule has 0 amide bonds. The molecule has 3 heterocycles. The normalized spacial score (nSPS) is 21.5. The van der Waals surface area contributed by atoms with Crippen LogP contribution in [0.15, 0.2) is 48.5 Å². The Balaban J connectivity index is 1.46. The summed E-state index contributed by atoms with van der Waals surface area (Å²) in [4.78, 5) is 3.32. The van der Waals surface area contributed by atoms with Gasteiger partial charge in [0.25, 0.3) is 11.8 Å². The average Bonchev–Trinajstić information content (AvgIpc) is 3.51. The van der Waals surface area contributed by atoms with E-state index < -0.39 is 59.1 Å². The third-order valence-electron chi connectivity index (χ3n) is 6.53. The van der Waals surface area contributed by atoms with Crippen LogP contribution in [0.5, 0.6) is 23.1 Å². The zero-order valence-corrected chi connectivity index (χ0v) is 23.4. The molecule has 0 aliphatic carbocycles. The van der Waals surface area contributed by atoms with E-state index in [0.29, 0.717) is 0 Å². The molecule has 3 aromatic rings. The highest BCUT2D eigenvalue weighted by Gasteiger charge is 2.48. The molecule has 0 spiro atoms. The molecule has 2 aromatic carbocycles. The highest BCUT2D eigenvalue weighted by molar-refractivity contribution is 5.49. The molecular formula is C30H29F3N2O7. The van der Waals surface area contributed by atoms with Crippen LogP contribution in [0.25, 0.3) is 0 Å². The molecule has 9 nitrogen and oxygen atoms in total. The fourth-order valence-electron chi connectivity index (χ4n) is 4.54. The van der Waals surface area contributed by atoms with Crippen molar-refractivity contribution in [2.75, 3.05) is 13.2 Å². The SMILES string of the molecule is CC1(C)OCC(C(Oc2c(F)c(F)nc(Oc3cc(C#N)ccc3OCc3ccccc3)c2F)C2COC(C)(C)O2)O1. The first kappa shape index (κ1) is 29.6. The van der Waals surface area contributed by atoms with Crippen LogP contribution in [-0.2, 0) is 25.6 Å². The largest absolute Gasteiger partial charge is 0.485 e. The van der Waals surface area contributed by atoms with Crippen molar-refractivity contribution in [2.24, 2.45) is 0 Å². The number of nitriles is 1. The van der Waals surface area contributed by atoms with Crippen molar-refractivity contribution in [1.82, 2.24) is 4.98 Å². The van der Waals surface area contributed by atoms with Crippen molar-refractivity contribution in [1.29, 1.82) is 5.26 Å². The van der Waals surface area contributed by atoms with Gasteiger partial charge in [-0.2, -0.15) is 23.4 Å². The van der Waals surface area contributed by atoms with E-state index in [1.54, 1.807) is 27.7 Å². The van der Waals surface area contributed by atoms with E-state index in [-0.39, 0.29) is 36.9 Å². The van der Waals surface area contributed by atoms with Crippen LogP contribution in [-0.4, -0.2) is 48.1 Å². The Morgan fingerprint density at radius 3 is 2.14 bits per heavy atom. The minimum absolute atomic E-state index is 0.0151. The maximum absolute atomic E-state index is 15.8. The Morgan fingerprint density at radius 2 is 1.57 bits per heavy atom. The first-order valence-electron chi connectivity index (χ1n) is 13.2. The average molecular weight is 587 g/mol. The molecule has 0 bridgehead atoms. The lowest BCUT2D eigenvalue weighted by Gasteiger charge is -2.29. The zero-order chi connectivity index (χ0) is 30.1. The van der Waals surface area contributed by atoms with Crippen LogP contribution in [0.3, 0.4) is 0 Å². The molecule has 12 heteroatoms. The van der Waals surface area contributed by atoms with Gasteiger partial charge in [-0.25, -0.2) is 0 Å². The lowest BCUT2D eigenvalue weighted by molar-refractivity contribution is -0.175. The van der Waals surface area contributed by atoms with Gasteiger partial charge in [0.05, 0.1) is 24.8 Å². The lowest BCUT2D eigenvalue weighted by Crippen LogP contribution is -2.46. The van der Waals surface area contributed by atoms with Crippen molar-refractivity contribution in [3.05, 3.63) is 77.2 Å². The van der Waals surface area contributed by atoms with Crippen molar-refractivity contribution in [3.63, 3.8) is 0 Å². The summed E-state index contributed by atoms with van der Waals surface area (Å²) in [6, 6.07) is 15.3. The third kappa shape index (κ3) is 6.60. The Morgan fingerprint density at radius 1 is 0.929 bits per heavy atom. The van der Waals surface area contributed by atoms with E-state index in [9.17, 15) is 9.65 Å². The molecule has 0 radical (unpaired) electrons. The Kier molecular flexibility index (Phi) is 8.30. The minimum Gasteiger partial charge on any atom is -0.485 e. The first-order valence-corrected chi connectivity index (χ1v) is 13.2. The molecule has 1 aromatic heterocycles. The van der Waals surface area contributed by atoms with Gasteiger partial charge in [-0.15, -0.1) is 0 Å². The standard InChI is InChI=1S/C30H29F3N2O7/c1-29(2)37-15-21(41-29)25(22-16-38-30(3,4)42-22)40-26-23(31)27(33)35-28(24(26)32)39-20-12-18(13-34)10-11-19(20)36-14-17-8-6-5-7-9-17/h5-12,21-22,25H,14-16H2,1-4H3. The second kappa shape index (κ2) is 11.8. The summed E-state index contributed by atoms with van der Waals surface area (Å²) < 4.78 is 85.9. The van der Waals surface area contributed by atoms with Crippen LogP contribution in [0.4, 0.5) is 13.2 Å². The van der Waals surface area contributed by atoms with Gasteiger partial charge in [0.2, 0.25) is 17.4 Å². The van der Waals surface area contributed by atoms with E-state index >= 15 is 8.78 Å². The van der Waals surface area contributed by atoms with Gasteiger partial charge in [-0.05, 0) is 45.4 Å². The van der Waals surface area contributed by atoms with Crippen LogP contribution in [0.1, 0.15) is 38.8 Å². The van der Waals surface area contributed by atoms with E-state index in [2.05, 4.69) is 4.98 Å². The summed E-state index contributed by atoms with van der Waals surface area (Å²) in [5.74, 6) is -8.83. The molecule has 5 rings (SSSR count). The van der Waals surface area contributed by atoms with E-state index in [4.69, 9.17) is 33.2 Å². The number of ether oxygens (including phenoxy) is 7. The number of benzene rings is 2. The number of aromatic nitrogens is 1. The predicted octanol–water partition coefficient (Wildman–Crippen LogP) is 5.79. The van der Waals surface area contributed by atoms with Gasteiger partial charge in [0.15, 0.2) is 29.2 Å². The van der Waals surface area contributed by atoms with Crippen LogP contribution < -0.4 is 14.2 Å². The fraction of sp³-hybridized carbons (Fsp3) is 0.400. The van der Waals surface area contributed by atoms with Crippen molar-refractivity contribution < 1.29 is 46.3 Å². The van der Waals surface area contributed by atoms with Crippen molar-refractivity contribution in [2.45, 2.75) is 64.2 Å². The zero-order valence-electron chi connectivity index (χ0n) is 23.4. The van der Waals surface area contributed by atoms with Crippen molar-refractivity contribution >= 4 is 0 Å². The molecule has 2 unspecified atom stereocenters. The van der Waals surface area contributed by atoms with Gasteiger partial charge in [-0.1, -0.05) is 30.3 Å². The second-order valence-electron chi connectivity index (χ2n) is 10.6. The molecule has 42 heavy (non-hydrogen) atoms. The molecule has 2 atom stereocenters. The number of hydrogen-bond acceptors (Lipinski definition) is 9. The van der Waals surface area contributed by atoms with Gasteiger partial charge < -0.3 is 33.2 Å². The number of rotatable bonds is 9. The van der Waals surface area contributed by atoms with E-state index in [1.807, 2.05) is 36.4 Å². The number of hydrogen-bond donors (Lipinski definition) is 0. The lowest BCUT2D eigenvalue weighted by atomic mass is 10.1. The number of nitrogens with zero attached hydrogens (tertiary/aromatic N) is 2. The smallest absolute Gasteiger partial charge is 0.262 e. The molecule has 2 fully saturated rings. The maximum Gasteiger partial charge on any atom is 0.262 e. The van der Waals surface area contributed by atoms with Crippen LogP contribution >= 0.6 is 0 Å². The van der Waals surface area contributed by atoms with Gasteiger partial charge in [0.1, 0.15) is 18.8 Å². The van der Waals surface area contributed by atoms with Crippen LogP contribution in [0, 0.1) is 28.9 Å². The third-order valence-corrected chi connectivity index (χ3v) is 6.53. The van der Waals surface area contributed by atoms with Gasteiger partial charge in [-0.3, -0.25) is 0 Å². The Hall–Kier alpha value is -3.89. The molecule has 2 aliphatic heterocycles. The Labute approximate surface area is 240 Å². The van der Waals surface area contributed by atoms with E-state index in [1.165, 1.54) is 18.2 Å². The predicted molar refractivity (Wildman–Crippen MR) is 140 cm³/mol. The summed E-state index contributed by atoms with van der Waals surface area (Å²) in [6.07, 6.45) is -2.85. The highest BCUT2D eigenvalue weighted by Crippen LogP contribution is 2.39. The van der Waals surface area contributed by atoms with Gasteiger partial charge >= 0.3 is 0 Å². The summed E-state index contributed by atoms with van der Waals surface area (Å²) in [5, 5.41) is 9.38. The molecule has 222 valence electrons. The second-order valence-corrected chi connectivity index (χ2v) is 10.6. The fourth-order valence-corrected chi connectivity index (χ4v) is 4.54. The summed E-state index contributed by atoms with van der Waals surface area (Å²) >= 11 is 0. The Bertz CT molecular complexity index is 1450. The molecule has 2 saturated heterocycles. The highest BCUT2D eigenvalue weighted by atomic mass is 19.2. The summed E-state index contributed by atoms with van der Waals surface area (Å²) in [6.45, 7) is 6.84. The van der Waals surface area contributed by atoms with Gasteiger partial charge in [0, 0.05) is 6.07 Å². The van der Waals surface area contributed by atoms with Crippen LogP contribution in [0.2, 0.25) is 0 Å². The number of pyridine rings is 1. The summed E-state index contributed by atoms with van der Waals surface area (Å²) in [7, 11) is 0. The van der Waals surface area contributed by atoms with Crippen molar-refractivity contribution in [3.8, 4) is 29.2 Å². The minimum atomic E-state index is -1.67. The maximum atomic E-state index is 15.8. The summed E-state index contributed by atoms with van der Waals surface area (Å²) in [5.41, 5.74) is 0.979. The number of halogens is 3. The first-order chi connectivity index (χ1) is 19.9. The topological polar surface area (TPSA) is 101 Å². The molecule has 0 N–H and O–H groups in total. The van der Waals surface area contributed by atoms with E-state index in [0.717, 1.165) is 5.56 Å². The molecule has 2 aliphatic rings.